The number of aliphatic imine (C=N–C) groups is 1. The van der Waals surface area contributed by atoms with Gasteiger partial charge in [0, 0.05) is 51.6 Å². The molecule has 5 nitrogen and oxygen atoms in total. The highest BCUT2D eigenvalue weighted by Crippen LogP contribution is 2.24. The van der Waals surface area contributed by atoms with Crippen LogP contribution < -0.4 is 5.32 Å². The molecule has 2 heterocycles. The molecule has 0 bridgehead atoms. The summed E-state index contributed by atoms with van der Waals surface area (Å²) in [6, 6.07) is 2.14. The summed E-state index contributed by atoms with van der Waals surface area (Å²) in [7, 11) is 3.84. The monoisotopic (exact) mass is 376 g/mol. The van der Waals surface area contributed by atoms with Gasteiger partial charge in [-0.2, -0.15) is 0 Å². The van der Waals surface area contributed by atoms with E-state index in [1.165, 1.54) is 23.3 Å². The van der Waals surface area contributed by atoms with E-state index in [0.29, 0.717) is 13.0 Å². The lowest BCUT2D eigenvalue weighted by Crippen LogP contribution is -2.42. The number of allylic oxidation sites excluding steroid dienone is 1. The smallest absolute Gasteiger partial charge is 0.224 e. The minimum atomic E-state index is 0.219. The summed E-state index contributed by atoms with van der Waals surface area (Å²) in [5, 5.41) is 5.44. The van der Waals surface area contributed by atoms with Crippen molar-refractivity contribution < 1.29 is 4.79 Å². The topological polar surface area (TPSA) is 47.9 Å². The number of carbonyl (C=O) groups is 1. The Kier molecular flexibility index (Phi) is 8.68. The third kappa shape index (κ3) is 6.16. The van der Waals surface area contributed by atoms with Crippen LogP contribution in [0.4, 0.5) is 0 Å². The van der Waals surface area contributed by atoms with Crippen molar-refractivity contribution >= 4 is 23.2 Å². The summed E-state index contributed by atoms with van der Waals surface area (Å²) in [5.41, 5.74) is 1.31. The number of thiophene rings is 1. The van der Waals surface area contributed by atoms with Crippen LogP contribution in [0.3, 0.4) is 0 Å². The number of rotatable bonds is 9. The van der Waals surface area contributed by atoms with Crippen LogP contribution in [0.1, 0.15) is 42.5 Å². The number of amides is 1. The standard InChI is InChI=1S/C20H32N4OS/c1-4-5-6-7-8-13-23(3)20(21-2)22-12-9-19(25)24-14-10-18-17(16-24)11-15-26-18/h4,11,15H,1,5-10,12-14,16H2,2-3H3,(H,21,22). The molecule has 0 fully saturated rings. The van der Waals surface area contributed by atoms with Gasteiger partial charge in [-0.1, -0.05) is 12.5 Å². The first-order chi connectivity index (χ1) is 12.7. The molecule has 0 saturated heterocycles. The van der Waals surface area contributed by atoms with Crippen LogP contribution in [-0.2, 0) is 17.8 Å². The summed E-state index contributed by atoms with van der Waals surface area (Å²) in [6.45, 7) is 6.95. The summed E-state index contributed by atoms with van der Waals surface area (Å²) < 4.78 is 0. The van der Waals surface area contributed by atoms with E-state index in [1.54, 1.807) is 18.4 Å². The van der Waals surface area contributed by atoms with Gasteiger partial charge in [-0.3, -0.25) is 9.79 Å². The number of unbranched alkanes of at least 4 members (excludes halogenated alkanes) is 3. The Labute approximate surface area is 161 Å². The fourth-order valence-electron chi connectivity index (χ4n) is 3.21. The lowest BCUT2D eigenvalue weighted by Gasteiger charge is -2.27. The van der Waals surface area contributed by atoms with Crippen molar-refractivity contribution in [3.05, 3.63) is 34.5 Å². The Bertz CT molecular complexity index is 611. The first kappa shape index (κ1) is 20.5. The van der Waals surface area contributed by atoms with E-state index in [4.69, 9.17) is 0 Å². The third-order valence-electron chi connectivity index (χ3n) is 4.76. The molecule has 0 saturated carbocycles. The molecular formula is C20H32N4OS. The Balaban J connectivity index is 1.67. The van der Waals surface area contributed by atoms with Gasteiger partial charge in [-0.25, -0.2) is 0 Å². The molecule has 0 spiro atoms. The molecule has 1 aliphatic heterocycles. The molecule has 1 amide bonds. The number of guanidine groups is 1. The van der Waals surface area contributed by atoms with Gasteiger partial charge >= 0.3 is 0 Å². The van der Waals surface area contributed by atoms with Gasteiger partial charge in [-0.05, 0) is 42.7 Å². The van der Waals surface area contributed by atoms with E-state index in [0.717, 1.165) is 44.9 Å². The van der Waals surface area contributed by atoms with Crippen molar-refractivity contribution in [2.24, 2.45) is 4.99 Å². The molecule has 1 aliphatic rings. The number of hydrogen-bond acceptors (Lipinski definition) is 3. The average Bonchev–Trinajstić information content (AvgIpc) is 3.12. The second kappa shape index (κ2) is 11.0. The first-order valence-corrected chi connectivity index (χ1v) is 10.4. The van der Waals surface area contributed by atoms with Crippen LogP contribution in [0.15, 0.2) is 29.1 Å². The molecule has 144 valence electrons. The second-order valence-corrected chi connectivity index (χ2v) is 7.72. The summed E-state index contributed by atoms with van der Waals surface area (Å²) in [6.07, 6.45) is 8.09. The average molecular weight is 377 g/mol. The zero-order valence-corrected chi connectivity index (χ0v) is 17.0. The molecule has 6 heteroatoms. The van der Waals surface area contributed by atoms with E-state index in [1.807, 2.05) is 18.0 Å². The van der Waals surface area contributed by atoms with Crippen molar-refractivity contribution in [3.8, 4) is 0 Å². The number of fused-ring (bicyclic) bond motifs is 1. The number of carbonyl (C=O) groups excluding carboxylic acids is 1. The Morgan fingerprint density at radius 3 is 3.08 bits per heavy atom. The molecule has 1 aromatic heterocycles. The number of nitrogens with one attached hydrogen (secondary N) is 1. The SMILES string of the molecule is C=CCCCCCN(C)C(=NC)NCCC(=O)N1CCc2sccc2C1. The highest BCUT2D eigenvalue weighted by atomic mass is 32.1. The van der Waals surface area contributed by atoms with Gasteiger partial charge in [0.25, 0.3) is 0 Å². The molecule has 0 radical (unpaired) electrons. The quantitative estimate of drug-likeness (QED) is 0.311. The zero-order valence-electron chi connectivity index (χ0n) is 16.2. The second-order valence-electron chi connectivity index (χ2n) is 6.72. The van der Waals surface area contributed by atoms with Crippen molar-refractivity contribution in [2.75, 3.05) is 33.7 Å². The van der Waals surface area contributed by atoms with Gasteiger partial charge in [0.1, 0.15) is 0 Å². The molecule has 1 N–H and O–H groups in total. The van der Waals surface area contributed by atoms with Crippen LogP contribution in [-0.4, -0.2) is 55.4 Å². The maximum Gasteiger partial charge on any atom is 0.224 e. The van der Waals surface area contributed by atoms with Crippen molar-refractivity contribution in [2.45, 2.75) is 45.1 Å². The molecule has 2 rings (SSSR count). The highest BCUT2D eigenvalue weighted by molar-refractivity contribution is 7.10. The summed E-state index contributed by atoms with van der Waals surface area (Å²) in [5.74, 6) is 1.08. The van der Waals surface area contributed by atoms with Crippen LogP contribution in [0.5, 0.6) is 0 Å². The fourth-order valence-corrected chi connectivity index (χ4v) is 4.10. The van der Waals surface area contributed by atoms with Gasteiger partial charge < -0.3 is 15.1 Å². The van der Waals surface area contributed by atoms with E-state index in [2.05, 4.69) is 33.2 Å². The van der Waals surface area contributed by atoms with E-state index < -0.39 is 0 Å². The predicted molar refractivity (Wildman–Crippen MR) is 111 cm³/mol. The normalized spacial score (nSPS) is 14.1. The van der Waals surface area contributed by atoms with Crippen LogP contribution in [0, 0.1) is 0 Å². The predicted octanol–water partition coefficient (Wildman–Crippen LogP) is 3.28. The molecule has 0 atom stereocenters. The first-order valence-electron chi connectivity index (χ1n) is 9.51. The number of hydrogen-bond donors (Lipinski definition) is 1. The summed E-state index contributed by atoms with van der Waals surface area (Å²) in [4.78, 5) is 22.3. The van der Waals surface area contributed by atoms with Crippen molar-refractivity contribution in [1.29, 1.82) is 0 Å². The summed E-state index contributed by atoms with van der Waals surface area (Å²) >= 11 is 1.80. The molecule has 0 aromatic carbocycles. The Hall–Kier alpha value is -1.82. The largest absolute Gasteiger partial charge is 0.356 e. The van der Waals surface area contributed by atoms with Gasteiger partial charge in [0.15, 0.2) is 5.96 Å². The third-order valence-corrected chi connectivity index (χ3v) is 5.78. The Morgan fingerprint density at radius 1 is 1.46 bits per heavy atom. The minimum absolute atomic E-state index is 0.219. The van der Waals surface area contributed by atoms with Crippen molar-refractivity contribution in [1.82, 2.24) is 15.1 Å². The maximum atomic E-state index is 12.5. The van der Waals surface area contributed by atoms with E-state index in [9.17, 15) is 4.79 Å². The maximum absolute atomic E-state index is 12.5. The lowest BCUT2D eigenvalue weighted by atomic mass is 10.1. The van der Waals surface area contributed by atoms with Crippen LogP contribution in [0.25, 0.3) is 0 Å². The molecule has 0 aliphatic carbocycles. The van der Waals surface area contributed by atoms with Crippen LogP contribution in [0.2, 0.25) is 0 Å². The molecular weight excluding hydrogens is 344 g/mol. The molecule has 1 aromatic rings. The Morgan fingerprint density at radius 2 is 2.31 bits per heavy atom. The highest BCUT2D eigenvalue weighted by Gasteiger charge is 2.21. The van der Waals surface area contributed by atoms with E-state index >= 15 is 0 Å². The molecule has 26 heavy (non-hydrogen) atoms. The minimum Gasteiger partial charge on any atom is -0.356 e. The van der Waals surface area contributed by atoms with Gasteiger partial charge in [-0.15, -0.1) is 17.9 Å². The fraction of sp³-hybridized carbons (Fsp3) is 0.600. The molecule has 0 unspecified atom stereocenters. The van der Waals surface area contributed by atoms with Gasteiger partial charge in [0.05, 0.1) is 0 Å². The van der Waals surface area contributed by atoms with Gasteiger partial charge in [0.2, 0.25) is 5.91 Å². The number of nitrogens with zero attached hydrogens (tertiary/aromatic N) is 3. The van der Waals surface area contributed by atoms with Crippen molar-refractivity contribution in [3.63, 3.8) is 0 Å². The zero-order chi connectivity index (χ0) is 18.8. The van der Waals surface area contributed by atoms with E-state index in [-0.39, 0.29) is 5.91 Å². The lowest BCUT2D eigenvalue weighted by molar-refractivity contribution is -0.131. The van der Waals surface area contributed by atoms with Crippen LogP contribution >= 0.6 is 11.3 Å².